The van der Waals surface area contributed by atoms with Gasteiger partial charge in [0.1, 0.15) is 10.6 Å². The van der Waals surface area contributed by atoms with Gasteiger partial charge in [-0.1, -0.05) is 5.16 Å². The monoisotopic (exact) mass is 315 g/mol. The van der Waals surface area contributed by atoms with Crippen molar-refractivity contribution in [3.8, 4) is 0 Å². The Morgan fingerprint density at radius 1 is 1.29 bits per heavy atom. The third-order valence-corrected chi connectivity index (χ3v) is 6.50. The molecule has 8 heteroatoms. The second-order valence-electron chi connectivity index (χ2n) is 5.76. The predicted octanol–water partition coefficient (Wildman–Crippen LogP) is 0.385. The number of aromatic nitrogens is 1. The lowest BCUT2D eigenvalue weighted by molar-refractivity contribution is -0.0840. The molecule has 0 amide bonds. The Labute approximate surface area is 124 Å². The van der Waals surface area contributed by atoms with E-state index >= 15 is 0 Å². The summed E-state index contributed by atoms with van der Waals surface area (Å²) >= 11 is 0. The van der Waals surface area contributed by atoms with Crippen molar-refractivity contribution in [3.05, 3.63) is 11.5 Å². The molecule has 7 nitrogen and oxygen atoms in total. The predicted molar refractivity (Wildman–Crippen MR) is 75.5 cm³/mol. The van der Waals surface area contributed by atoms with Gasteiger partial charge in [-0.3, -0.25) is 4.90 Å². The van der Waals surface area contributed by atoms with Crippen LogP contribution in [0.4, 0.5) is 0 Å². The quantitative estimate of drug-likeness (QED) is 0.785. The van der Waals surface area contributed by atoms with E-state index < -0.39 is 10.0 Å². The van der Waals surface area contributed by atoms with Crippen LogP contribution in [-0.2, 0) is 14.8 Å². The zero-order valence-corrected chi connectivity index (χ0v) is 13.4. The molecule has 0 saturated carbocycles. The first-order valence-corrected chi connectivity index (χ1v) is 8.60. The molecule has 118 valence electrons. The maximum absolute atomic E-state index is 12.8. The van der Waals surface area contributed by atoms with Crippen LogP contribution < -0.4 is 0 Å². The van der Waals surface area contributed by atoms with E-state index in [2.05, 4.69) is 10.1 Å². The van der Waals surface area contributed by atoms with Crippen LogP contribution in [0, 0.1) is 13.8 Å². The average Bonchev–Trinajstić information content (AvgIpc) is 2.79. The summed E-state index contributed by atoms with van der Waals surface area (Å²) in [6, 6.07) is 0.114. The molecule has 0 aromatic carbocycles. The molecule has 0 bridgehead atoms. The highest BCUT2D eigenvalue weighted by atomic mass is 32.2. The maximum Gasteiger partial charge on any atom is 0.248 e. The molecule has 21 heavy (non-hydrogen) atoms. The van der Waals surface area contributed by atoms with Crippen LogP contribution >= 0.6 is 0 Å². The van der Waals surface area contributed by atoms with E-state index in [1.54, 1.807) is 13.8 Å². The molecule has 1 aromatic rings. The van der Waals surface area contributed by atoms with E-state index in [4.69, 9.17) is 9.26 Å². The van der Waals surface area contributed by atoms with Crippen molar-refractivity contribution in [1.29, 1.82) is 0 Å². The summed E-state index contributed by atoms with van der Waals surface area (Å²) < 4.78 is 38.0. The fourth-order valence-corrected chi connectivity index (χ4v) is 4.97. The molecule has 0 N–H and O–H groups in total. The van der Waals surface area contributed by atoms with Gasteiger partial charge in [0, 0.05) is 25.7 Å². The molecule has 0 radical (unpaired) electrons. The van der Waals surface area contributed by atoms with Gasteiger partial charge in [-0.2, -0.15) is 4.31 Å². The van der Waals surface area contributed by atoms with Gasteiger partial charge < -0.3 is 9.26 Å². The Balaban J connectivity index is 1.87. The number of likely N-dealkylation sites (N-methyl/N-ethyl adjacent to an activating group) is 1. The van der Waals surface area contributed by atoms with Crippen LogP contribution in [-0.4, -0.2) is 68.2 Å². The van der Waals surface area contributed by atoms with Gasteiger partial charge in [0.05, 0.1) is 12.7 Å². The summed E-state index contributed by atoms with van der Waals surface area (Å²) in [5, 5.41) is 3.76. The number of hydrogen-bond acceptors (Lipinski definition) is 6. The minimum atomic E-state index is -3.56. The molecule has 2 aliphatic rings. The van der Waals surface area contributed by atoms with Gasteiger partial charge in [0.25, 0.3) is 0 Å². The Kier molecular flexibility index (Phi) is 3.81. The number of aryl methyl sites for hydroxylation is 2. The molecule has 2 fully saturated rings. The normalized spacial score (nSPS) is 28.5. The van der Waals surface area contributed by atoms with Crippen LogP contribution in [0.2, 0.25) is 0 Å². The number of rotatable bonds is 2. The molecule has 2 unspecified atom stereocenters. The Hall–Kier alpha value is -0.960. The number of nitrogens with zero attached hydrogens (tertiary/aromatic N) is 3. The summed E-state index contributed by atoms with van der Waals surface area (Å²) in [4.78, 5) is 2.39. The van der Waals surface area contributed by atoms with Crippen LogP contribution in [0.5, 0.6) is 0 Å². The number of hydrogen-bond donors (Lipinski definition) is 0. The first-order chi connectivity index (χ1) is 9.91. The van der Waals surface area contributed by atoms with Crippen molar-refractivity contribution < 1.29 is 17.7 Å². The van der Waals surface area contributed by atoms with Crippen molar-refractivity contribution in [2.45, 2.75) is 37.3 Å². The van der Waals surface area contributed by atoms with Crippen molar-refractivity contribution in [1.82, 2.24) is 14.4 Å². The van der Waals surface area contributed by atoms with Gasteiger partial charge in [-0.05, 0) is 27.3 Å². The highest BCUT2D eigenvalue weighted by Gasteiger charge is 2.41. The van der Waals surface area contributed by atoms with E-state index in [1.807, 2.05) is 7.05 Å². The fourth-order valence-electron chi connectivity index (χ4n) is 3.20. The molecular weight excluding hydrogens is 294 g/mol. The van der Waals surface area contributed by atoms with Crippen molar-refractivity contribution in [2.24, 2.45) is 0 Å². The van der Waals surface area contributed by atoms with Crippen molar-refractivity contribution in [2.75, 3.05) is 33.3 Å². The summed E-state index contributed by atoms with van der Waals surface area (Å²) in [6.07, 6.45) is 0.845. The molecule has 3 heterocycles. The summed E-state index contributed by atoms with van der Waals surface area (Å²) in [6.45, 7) is 5.77. The highest BCUT2D eigenvalue weighted by molar-refractivity contribution is 7.89. The van der Waals surface area contributed by atoms with Crippen LogP contribution in [0.1, 0.15) is 17.9 Å². The molecule has 2 aliphatic heterocycles. The molecular formula is C13H21N3O4S. The zero-order valence-electron chi connectivity index (χ0n) is 12.6. The Morgan fingerprint density at radius 3 is 2.71 bits per heavy atom. The first kappa shape index (κ1) is 15.0. The lowest BCUT2D eigenvalue weighted by Crippen LogP contribution is -2.59. The average molecular weight is 315 g/mol. The fraction of sp³-hybridized carbons (Fsp3) is 0.769. The molecule has 2 atom stereocenters. The van der Waals surface area contributed by atoms with Gasteiger partial charge in [-0.15, -0.1) is 0 Å². The Bertz CT molecular complexity index is 608. The number of morpholine rings is 1. The minimum absolute atomic E-state index is 0.114. The van der Waals surface area contributed by atoms with Crippen LogP contribution in [0.3, 0.4) is 0 Å². The van der Waals surface area contributed by atoms with E-state index in [1.165, 1.54) is 4.31 Å². The standard InChI is InChI=1S/C13H21N3O4S/c1-9-13(10(2)20-14-9)21(17,18)16-5-4-12-11(8-16)15(3)6-7-19-12/h11-12H,4-8H2,1-3H3. The van der Waals surface area contributed by atoms with Crippen molar-refractivity contribution in [3.63, 3.8) is 0 Å². The largest absolute Gasteiger partial charge is 0.375 e. The number of sulfonamides is 1. The molecule has 3 rings (SSSR count). The number of piperidine rings is 1. The number of fused-ring (bicyclic) bond motifs is 1. The van der Waals surface area contributed by atoms with Crippen LogP contribution in [0.15, 0.2) is 9.42 Å². The Morgan fingerprint density at radius 2 is 2.05 bits per heavy atom. The summed E-state index contributed by atoms with van der Waals surface area (Å²) in [5.41, 5.74) is 0.419. The van der Waals surface area contributed by atoms with E-state index in [0.717, 1.165) is 13.0 Å². The topological polar surface area (TPSA) is 75.9 Å². The lowest BCUT2D eigenvalue weighted by Gasteiger charge is -2.45. The van der Waals surface area contributed by atoms with Gasteiger partial charge >= 0.3 is 0 Å². The van der Waals surface area contributed by atoms with Crippen LogP contribution in [0.25, 0.3) is 0 Å². The lowest BCUT2D eigenvalue weighted by atomic mass is 10.0. The van der Waals surface area contributed by atoms with Gasteiger partial charge in [-0.25, -0.2) is 8.42 Å². The summed E-state index contributed by atoms with van der Waals surface area (Å²) in [7, 11) is -1.54. The summed E-state index contributed by atoms with van der Waals surface area (Å²) in [5.74, 6) is 0.350. The van der Waals surface area contributed by atoms with Gasteiger partial charge in [0.15, 0.2) is 5.76 Å². The maximum atomic E-state index is 12.8. The molecule has 2 saturated heterocycles. The SMILES string of the molecule is Cc1noc(C)c1S(=O)(=O)N1CCC2OCCN(C)C2C1. The smallest absolute Gasteiger partial charge is 0.248 e. The molecule has 0 spiro atoms. The molecule has 1 aromatic heterocycles. The van der Waals surface area contributed by atoms with E-state index in [-0.39, 0.29) is 17.0 Å². The van der Waals surface area contributed by atoms with E-state index in [0.29, 0.717) is 31.2 Å². The second-order valence-corrected chi connectivity index (χ2v) is 7.64. The third-order valence-electron chi connectivity index (χ3n) is 4.39. The molecule has 0 aliphatic carbocycles. The van der Waals surface area contributed by atoms with Crippen molar-refractivity contribution >= 4 is 10.0 Å². The third kappa shape index (κ3) is 2.50. The van der Waals surface area contributed by atoms with E-state index in [9.17, 15) is 8.42 Å². The van der Waals surface area contributed by atoms with Gasteiger partial charge in [0.2, 0.25) is 10.0 Å². The minimum Gasteiger partial charge on any atom is -0.375 e. The second kappa shape index (κ2) is 5.35. The zero-order chi connectivity index (χ0) is 15.2. The highest BCUT2D eigenvalue weighted by Crippen LogP contribution is 2.29. The number of ether oxygens (including phenoxy) is 1. The first-order valence-electron chi connectivity index (χ1n) is 7.16.